The van der Waals surface area contributed by atoms with E-state index in [4.69, 9.17) is 0 Å². The van der Waals surface area contributed by atoms with E-state index in [0.29, 0.717) is 35.2 Å². The van der Waals surface area contributed by atoms with Crippen LogP contribution < -0.4 is 5.32 Å². The molecule has 1 amide bonds. The molecule has 26 heavy (non-hydrogen) atoms. The van der Waals surface area contributed by atoms with Crippen LogP contribution in [0.25, 0.3) is 0 Å². The summed E-state index contributed by atoms with van der Waals surface area (Å²) in [4.78, 5) is 27.5. The lowest BCUT2D eigenvalue weighted by Crippen LogP contribution is -2.42. The molecule has 1 saturated heterocycles. The molecule has 1 heterocycles. The SMILES string of the molecule is CC1CC(C)CN(CC(=O)Nc2ccccc2C(=O)c2ccccc2)C1. The van der Waals surface area contributed by atoms with Gasteiger partial charge in [0.15, 0.2) is 5.78 Å². The lowest BCUT2D eigenvalue weighted by molar-refractivity contribution is -0.117. The van der Waals surface area contributed by atoms with Gasteiger partial charge in [-0.15, -0.1) is 0 Å². The third-order valence-corrected chi connectivity index (χ3v) is 4.79. The molecule has 1 fully saturated rings. The van der Waals surface area contributed by atoms with Gasteiger partial charge < -0.3 is 5.32 Å². The summed E-state index contributed by atoms with van der Waals surface area (Å²) in [7, 11) is 0. The average Bonchev–Trinajstić information content (AvgIpc) is 2.61. The van der Waals surface area contributed by atoms with Crippen molar-refractivity contribution in [2.24, 2.45) is 11.8 Å². The number of hydrogen-bond donors (Lipinski definition) is 1. The second-order valence-electron chi connectivity index (χ2n) is 7.43. The van der Waals surface area contributed by atoms with Crippen LogP contribution in [0, 0.1) is 11.8 Å². The Morgan fingerprint density at radius 1 is 0.962 bits per heavy atom. The molecule has 0 aliphatic carbocycles. The molecule has 0 aromatic heterocycles. The van der Waals surface area contributed by atoms with Gasteiger partial charge in [-0.3, -0.25) is 14.5 Å². The van der Waals surface area contributed by atoms with Crippen molar-refractivity contribution >= 4 is 17.4 Å². The van der Waals surface area contributed by atoms with Crippen LogP contribution in [-0.2, 0) is 4.79 Å². The molecule has 2 atom stereocenters. The minimum absolute atomic E-state index is 0.0698. The number of para-hydroxylation sites is 1. The topological polar surface area (TPSA) is 49.4 Å². The van der Waals surface area contributed by atoms with Crippen molar-refractivity contribution in [1.29, 1.82) is 0 Å². The van der Waals surface area contributed by atoms with Crippen LogP contribution in [0.3, 0.4) is 0 Å². The summed E-state index contributed by atoms with van der Waals surface area (Å²) in [6.07, 6.45) is 1.21. The zero-order chi connectivity index (χ0) is 18.5. The van der Waals surface area contributed by atoms with Crippen molar-refractivity contribution in [2.45, 2.75) is 20.3 Å². The molecular formula is C22H26N2O2. The highest BCUT2D eigenvalue weighted by Gasteiger charge is 2.23. The smallest absolute Gasteiger partial charge is 0.238 e. The molecular weight excluding hydrogens is 324 g/mol. The highest BCUT2D eigenvalue weighted by atomic mass is 16.2. The molecule has 1 N–H and O–H groups in total. The number of amides is 1. The van der Waals surface area contributed by atoms with E-state index < -0.39 is 0 Å². The van der Waals surface area contributed by atoms with E-state index in [-0.39, 0.29) is 11.7 Å². The number of nitrogens with zero attached hydrogens (tertiary/aromatic N) is 1. The van der Waals surface area contributed by atoms with Gasteiger partial charge in [0, 0.05) is 24.2 Å². The number of ketones is 1. The Balaban J connectivity index is 1.70. The summed E-state index contributed by atoms with van der Waals surface area (Å²) in [5.74, 6) is 1.07. The summed E-state index contributed by atoms with van der Waals surface area (Å²) in [6, 6.07) is 16.3. The summed E-state index contributed by atoms with van der Waals surface area (Å²) < 4.78 is 0. The average molecular weight is 350 g/mol. The molecule has 136 valence electrons. The fourth-order valence-electron chi connectivity index (χ4n) is 3.85. The van der Waals surface area contributed by atoms with Gasteiger partial charge in [0.1, 0.15) is 0 Å². The van der Waals surface area contributed by atoms with Crippen LogP contribution in [0.4, 0.5) is 5.69 Å². The summed E-state index contributed by atoms with van der Waals surface area (Å²) >= 11 is 0. The second-order valence-corrected chi connectivity index (χ2v) is 7.43. The predicted octanol–water partition coefficient (Wildman–Crippen LogP) is 3.83. The van der Waals surface area contributed by atoms with E-state index in [1.54, 1.807) is 24.3 Å². The van der Waals surface area contributed by atoms with Gasteiger partial charge in [-0.05, 0) is 30.4 Å². The number of benzene rings is 2. The highest BCUT2D eigenvalue weighted by molar-refractivity contribution is 6.13. The van der Waals surface area contributed by atoms with Crippen molar-refractivity contribution in [1.82, 2.24) is 4.90 Å². The first kappa shape index (κ1) is 18.3. The Morgan fingerprint density at radius 3 is 2.27 bits per heavy atom. The third kappa shape index (κ3) is 4.58. The minimum Gasteiger partial charge on any atom is -0.324 e. The number of anilines is 1. The zero-order valence-electron chi connectivity index (χ0n) is 15.4. The van der Waals surface area contributed by atoms with E-state index in [9.17, 15) is 9.59 Å². The van der Waals surface area contributed by atoms with Gasteiger partial charge in [-0.1, -0.05) is 56.3 Å². The van der Waals surface area contributed by atoms with Gasteiger partial charge in [-0.2, -0.15) is 0 Å². The lowest BCUT2D eigenvalue weighted by Gasteiger charge is -2.34. The molecule has 0 saturated carbocycles. The van der Waals surface area contributed by atoms with Gasteiger partial charge >= 0.3 is 0 Å². The van der Waals surface area contributed by atoms with E-state index in [1.807, 2.05) is 30.3 Å². The van der Waals surface area contributed by atoms with E-state index in [2.05, 4.69) is 24.1 Å². The maximum atomic E-state index is 12.8. The maximum absolute atomic E-state index is 12.8. The quantitative estimate of drug-likeness (QED) is 0.834. The Hall–Kier alpha value is -2.46. The van der Waals surface area contributed by atoms with Gasteiger partial charge in [0.25, 0.3) is 0 Å². The number of rotatable bonds is 5. The molecule has 4 nitrogen and oxygen atoms in total. The molecule has 0 bridgehead atoms. The summed E-state index contributed by atoms with van der Waals surface area (Å²) in [5, 5.41) is 2.94. The molecule has 0 spiro atoms. The maximum Gasteiger partial charge on any atom is 0.238 e. The van der Waals surface area contributed by atoms with Crippen LogP contribution in [0.2, 0.25) is 0 Å². The molecule has 4 heteroatoms. The van der Waals surface area contributed by atoms with Crippen molar-refractivity contribution in [3.8, 4) is 0 Å². The van der Waals surface area contributed by atoms with Crippen LogP contribution in [0.5, 0.6) is 0 Å². The summed E-state index contributed by atoms with van der Waals surface area (Å²) in [6.45, 7) is 6.72. The van der Waals surface area contributed by atoms with Crippen molar-refractivity contribution in [3.63, 3.8) is 0 Å². The number of piperidine rings is 1. The number of hydrogen-bond acceptors (Lipinski definition) is 3. The van der Waals surface area contributed by atoms with Crippen molar-refractivity contribution in [2.75, 3.05) is 25.0 Å². The second kappa shape index (κ2) is 8.28. The monoisotopic (exact) mass is 350 g/mol. The largest absolute Gasteiger partial charge is 0.324 e. The minimum atomic E-state index is -0.0817. The van der Waals surface area contributed by atoms with Crippen molar-refractivity contribution < 1.29 is 9.59 Å². The van der Waals surface area contributed by atoms with Gasteiger partial charge in [0.05, 0.1) is 12.2 Å². The molecule has 2 aromatic rings. The van der Waals surface area contributed by atoms with Crippen LogP contribution in [0.1, 0.15) is 36.2 Å². The summed E-state index contributed by atoms with van der Waals surface area (Å²) in [5.41, 5.74) is 1.71. The Morgan fingerprint density at radius 2 is 1.58 bits per heavy atom. The molecule has 2 aromatic carbocycles. The first-order chi connectivity index (χ1) is 12.5. The number of nitrogens with one attached hydrogen (secondary N) is 1. The Bertz CT molecular complexity index is 763. The number of carbonyl (C=O) groups is 2. The normalized spacial score (nSPS) is 20.5. The third-order valence-electron chi connectivity index (χ3n) is 4.79. The van der Waals surface area contributed by atoms with Crippen LogP contribution >= 0.6 is 0 Å². The zero-order valence-corrected chi connectivity index (χ0v) is 15.4. The molecule has 1 aliphatic heterocycles. The molecule has 0 radical (unpaired) electrons. The molecule has 1 aliphatic rings. The Labute approximate surface area is 155 Å². The van der Waals surface area contributed by atoms with Crippen LogP contribution in [0.15, 0.2) is 54.6 Å². The first-order valence-corrected chi connectivity index (χ1v) is 9.24. The first-order valence-electron chi connectivity index (χ1n) is 9.24. The van der Waals surface area contributed by atoms with E-state index in [0.717, 1.165) is 13.1 Å². The molecule has 2 unspecified atom stereocenters. The van der Waals surface area contributed by atoms with Crippen LogP contribution in [-0.4, -0.2) is 36.2 Å². The van der Waals surface area contributed by atoms with Gasteiger partial charge in [0.2, 0.25) is 5.91 Å². The van der Waals surface area contributed by atoms with Crippen molar-refractivity contribution in [3.05, 3.63) is 65.7 Å². The fourth-order valence-corrected chi connectivity index (χ4v) is 3.85. The Kier molecular flexibility index (Phi) is 5.84. The van der Waals surface area contributed by atoms with E-state index >= 15 is 0 Å². The lowest BCUT2D eigenvalue weighted by atomic mass is 9.92. The molecule has 3 rings (SSSR count). The van der Waals surface area contributed by atoms with Gasteiger partial charge in [-0.25, -0.2) is 0 Å². The fraction of sp³-hybridized carbons (Fsp3) is 0.364. The standard InChI is InChI=1S/C22H26N2O2/c1-16-12-17(2)14-24(13-16)15-21(25)23-20-11-7-6-10-19(20)22(26)18-8-4-3-5-9-18/h3-11,16-17H,12-15H2,1-2H3,(H,23,25). The predicted molar refractivity (Wildman–Crippen MR) is 104 cm³/mol. The number of likely N-dealkylation sites (tertiary alicyclic amines) is 1. The highest BCUT2D eigenvalue weighted by Crippen LogP contribution is 2.22. The number of carbonyl (C=O) groups excluding carboxylic acids is 2. The van der Waals surface area contributed by atoms with E-state index in [1.165, 1.54) is 6.42 Å².